The molecule has 1 aromatic heterocycles. The van der Waals surface area contributed by atoms with Crippen molar-refractivity contribution in [3.63, 3.8) is 0 Å². The van der Waals surface area contributed by atoms with Gasteiger partial charge in [0.25, 0.3) is 0 Å². The molecule has 0 aliphatic carbocycles. The number of nitrogens with zero attached hydrogens (tertiary/aromatic N) is 2. The molecule has 1 unspecified atom stereocenters. The fraction of sp³-hybridized carbons (Fsp3) is 0.188. The highest BCUT2D eigenvalue weighted by atomic mass is 35.5. The van der Waals surface area contributed by atoms with E-state index in [1.54, 1.807) is 18.2 Å². The van der Waals surface area contributed by atoms with Gasteiger partial charge in [-0.3, -0.25) is 0 Å². The van der Waals surface area contributed by atoms with E-state index in [2.05, 4.69) is 4.98 Å². The Morgan fingerprint density at radius 2 is 1.95 bits per heavy atom. The lowest BCUT2D eigenvalue weighted by Gasteiger charge is -2.18. The zero-order valence-electron chi connectivity index (χ0n) is 11.4. The molecule has 1 heterocycles. The number of imidazole rings is 1. The van der Waals surface area contributed by atoms with Crippen LogP contribution in [0.4, 0.5) is 4.39 Å². The van der Waals surface area contributed by atoms with Gasteiger partial charge in [0.2, 0.25) is 0 Å². The number of para-hydroxylation sites is 1. The first-order valence-corrected chi connectivity index (χ1v) is 7.50. The minimum absolute atomic E-state index is 0.219. The molecule has 0 fully saturated rings. The number of benzene rings is 2. The van der Waals surface area contributed by atoms with Crippen molar-refractivity contribution in [3.8, 4) is 0 Å². The zero-order valence-corrected chi connectivity index (χ0v) is 12.9. The highest BCUT2D eigenvalue weighted by molar-refractivity contribution is 6.35. The predicted molar refractivity (Wildman–Crippen MR) is 84.5 cm³/mol. The van der Waals surface area contributed by atoms with Crippen LogP contribution in [0.1, 0.15) is 24.4 Å². The second kappa shape index (κ2) is 5.66. The summed E-state index contributed by atoms with van der Waals surface area (Å²) < 4.78 is 16.0. The third-order valence-electron chi connectivity index (χ3n) is 3.61. The molecule has 3 rings (SSSR count). The monoisotopic (exact) mass is 322 g/mol. The molecule has 21 heavy (non-hydrogen) atoms. The van der Waals surface area contributed by atoms with Crippen molar-refractivity contribution in [2.75, 3.05) is 0 Å². The Morgan fingerprint density at radius 3 is 2.67 bits per heavy atom. The average molecular weight is 323 g/mol. The Hall–Kier alpha value is -1.58. The topological polar surface area (TPSA) is 17.8 Å². The van der Waals surface area contributed by atoms with Crippen LogP contribution in [0.5, 0.6) is 0 Å². The normalized spacial score (nSPS) is 12.8. The maximum absolute atomic E-state index is 14.1. The quantitative estimate of drug-likeness (QED) is 0.608. The van der Waals surface area contributed by atoms with Crippen molar-refractivity contribution in [1.29, 1.82) is 0 Å². The Balaban J connectivity index is 2.24. The third kappa shape index (κ3) is 2.41. The largest absolute Gasteiger partial charge is 0.319 e. The summed E-state index contributed by atoms with van der Waals surface area (Å²) in [6.45, 7) is 1.93. The van der Waals surface area contributed by atoms with Crippen LogP contribution in [-0.4, -0.2) is 9.55 Å². The third-order valence-corrected chi connectivity index (χ3v) is 4.15. The van der Waals surface area contributed by atoms with Gasteiger partial charge in [0.15, 0.2) is 0 Å². The summed E-state index contributed by atoms with van der Waals surface area (Å²) in [7, 11) is 0. The van der Waals surface area contributed by atoms with Crippen LogP contribution in [0.15, 0.2) is 42.5 Å². The Labute approximate surface area is 132 Å². The number of hydrogen-bond donors (Lipinski definition) is 0. The number of alkyl halides is 1. The second-order valence-electron chi connectivity index (χ2n) is 4.84. The molecule has 3 aromatic rings. The summed E-state index contributed by atoms with van der Waals surface area (Å²) in [5.74, 6) is 0.675. The lowest BCUT2D eigenvalue weighted by molar-refractivity contribution is 0.556. The molecule has 0 N–H and O–H groups in total. The fourth-order valence-corrected chi connectivity index (χ4v) is 3.01. The van der Waals surface area contributed by atoms with Gasteiger partial charge in [0, 0.05) is 5.56 Å². The minimum atomic E-state index is -0.241. The lowest BCUT2D eigenvalue weighted by Crippen LogP contribution is -2.11. The van der Waals surface area contributed by atoms with Gasteiger partial charge >= 0.3 is 0 Å². The minimum Gasteiger partial charge on any atom is -0.319 e. The van der Waals surface area contributed by atoms with Gasteiger partial charge in [-0.05, 0) is 25.1 Å². The molecular weight excluding hydrogens is 310 g/mol. The molecule has 2 aromatic carbocycles. The van der Waals surface area contributed by atoms with E-state index in [1.807, 2.05) is 29.7 Å². The molecule has 0 saturated carbocycles. The van der Waals surface area contributed by atoms with E-state index in [0.29, 0.717) is 21.9 Å². The van der Waals surface area contributed by atoms with Crippen LogP contribution in [0.2, 0.25) is 5.02 Å². The van der Waals surface area contributed by atoms with Gasteiger partial charge in [-0.1, -0.05) is 35.9 Å². The van der Waals surface area contributed by atoms with E-state index in [-0.39, 0.29) is 17.7 Å². The van der Waals surface area contributed by atoms with E-state index in [9.17, 15) is 4.39 Å². The fourth-order valence-electron chi connectivity index (χ4n) is 2.61. The summed E-state index contributed by atoms with van der Waals surface area (Å²) in [5, 5.41) is 0.568. The van der Waals surface area contributed by atoms with Crippen LogP contribution in [0.25, 0.3) is 11.0 Å². The van der Waals surface area contributed by atoms with Crippen molar-refractivity contribution in [2.24, 2.45) is 0 Å². The summed E-state index contributed by atoms with van der Waals surface area (Å²) in [6.07, 6.45) is 0. The Bertz CT molecular complexity index is 798. The van der Waals surface area contributed by atoms with Crippen LogP contribution >= 0.6 is 23.2 Å². The van der Waals surface area contributed by atoms with E-state index in [1.165, 1.54) is 6.07 Å². The highest BCUT2D eigenvalue weighted by Gasteiger charge is 2.19. The average Bonchev–Trinajstić information content (AvgIpc) is 2.87. The lowest BCUT2D eigenvalue weighted by atomic mass is 10.1. The van der Waals surface area contributed by atoms with Crippen molar-refractivity contribution in [2.45, 2.75) is 18.8 Å². The summed E-state index contributed by atoms with van der Waals surface area (Å²) in [6, 6.07) is 12.1. The van der Waals surface area contributed by atoms with Gasteiger partial charge < -0.3 is 4.57 Å². The van der Waals surface area contributed by atoms with Crippen LogP contribution < -0.4 is 0 Å². The number of fused-ring (bicyclic) bond motifs is 1. The SMILES string of the molecule is CC(c1ccccc1F)n1c(CCl)nc2c(Cl)cccc21. The molecular formula is C16H13Cl2FN2. The van der Waals surface area contributed by atoms with Gasteiger partial charge in [-0.15, -0.1) is 11.6 Å². The van der Waals surface area contributed by atoms with E-state index in [4.69, 9.17) is 23.2 Å². The molecule has 108 valence electrons. The van der Waals surface area contributed by atoms with Gasteiger partial charge in [0.05, 0.1) is 22.5 Å². The van der Waals surface area contributed by atoms with Crippen molar-refractivity contribution < 1.29 is 4.39 Å². The predicted octanol–water partition coefficient (Wildman–Crippen LogP) is 5.18. The van der Waals surface area contributed by atoms with Crippen LogP contribution in [-0.2, 0) is 5.88 Å². The van der Waals surface area contributed by atoms with Gasteiger partial charge in [-0.2, -0.15) is 0 Å². The molecule has 0 radical (unpaired) electrons. The maximum atomic E-state index is 14.1. The molecule has 0 aliphatic heterocycles. The standard InChI is InChI=1S/C16H13Cl2FN2/c1-10(11-5-2-3-7-13(11)19)21-14-8-4-6-12(18)16(14)20-15(21)9-17/h2-8,10H,9H2,1H3. The van der Waals surface area contributed by atoms with Crippen LogP contribution in [0.3, 0.4) is 0 Å². The number of aromatic nitrogens is 2. The molecule has 0 spiro atoms. The Morgan fingerprint density at radius 1 is 1.19 bits per heavy atom. The van der Waals surface area contributed by atoms with Crippen LogP contribution in [0, 0.1) is 5.82 Å². The first-order chi connectivity index (χ1) is 10.1. The van der Waals surface area contributed by atoms with Crippen molar-refractivity contribution in [1.82, 2.24) is 9.55 Å². The number of rotatable bonds is 3. The zero-order chi connectivity index (χ0) is 15.0. The molecule has 0 amide bonds. The Kier molecular flexibility index (Phi) is 3.87. The molecule has 2 nitrogen and oxygen atoms in total. The molecule has 0 saturated heterocycles. The first-order valence-electron chi connectivity index (χ1n) is 6.59. The summed E-state index contributed by atoms with van der Waals surface area (Å²) >= 11 is 12.2. The van der Waals surface area contributed by atoms with Crippen molar-refractivity contribution in [3.05, 3.63) is 64.7 Å². The van der Waals surface area contributed by atoms with E-state index >= 15 is 0 Å². The van der Waals surface area contributed by atoms with Gasteiger partial charge in [-0.25, -0.2) is 9.37 Å². The molecule has 0 bridgehead atoms. The summed E-state index contributed by atoms with van der Waals surface area (Å²) in [5.41, 5.74) is 2.15. The molecule has 0 aliphatic rings. The molecule has 5 heteroatoms. The number of hydrogen-bond acceptors (Lipinski definition) is 1. The van der Waals surface area contributed by atoms with E-state index in [0.717, 1.165) is 5.52 Å². The summed E-state index contributed by atoms with van der Waals surface area (Å²) in [4.78, 5) is 4.48. The second-order valence-corrected chi connectivity index (χ2v) is 5.51. The number of halogens is 3. The molecule has 1 atom stereocenters. The first kappa shape index (κ1) is 14.4. The maximum Gasteiger partial charge on any atom is 0.128 e. The van der Waals surface area contributed by atoms with E-state index < -0.39 is 0 Å². The highest BCUT2D eigenvalue weighted by Crippen LogP contribution is 2.31. The van der Waals surface area contributed by atoms with Gasteiger partial charge in [0.1, 0.15) is 17.2 Å². The smallest absolute Gasteiger partial charge is 0.128 e. The van der Waals surface area contributed by atoms with Crippen molar-refractivity contribution >= 4 is 34.2 Å².